The fraction of sp³-hybridized carbons (Fsp3) is 0.350. The Bertz CT molecular complexity index is 673. The molecule has 2 aromatic carbocycles. The predicted molar refractivity (Wildman–Crippen MR) is 93.1 cm³/mol. The number of rotatable bonds is 5. The second-order valence-electron chi connectivity index (χ2n) is 6.71. The zero-order valence-corrected chi connectivity index (χ0v) is 14.0. The Labute approximate surface area is 138 Å². The van der Waals surface area contributed by atoms with Gasteiger partial charge in [-0.25, -0.2) is 0 Å². The summed E-state index contributed by atoms with van der Waals surface area (Å²) < 4.78 is 0. The Morgan fingerprint density at radius 1 is 1.04 bits per heavy atom. The van der Waals surface area contributed by atoms with Crippen LogP contribution in [0.15, 0.2) is 54.6 Å². The quantitative estimate of drug-likeness (QED) is 0.918. The van der Waals surface area contributed by atoms with Crippen molar-refractivity contribution >= 4 is 5.91 Å². The summed E-state index contributed by atoms with van der Waals surface area (Å²) in [7, 11) is 3.90. The molecule has 3 nitrogen and oxygen atoms in total. The molecule has 1 aliphatic carbocycles. The van der Waals surface area contributed by atoms with E-state index in [0.29, 0.717) is 0 Å². The standard InChI is InChI=1S/C20H24N2O/c1-15-9-11-16(12-10-15)18(22(2)3)19(23)21-20(13-14-20)17-7-5-4-6-8-17/h4-12,18H,13-14H2,1-3H3,(H,21,23)/t18-/m1/s1. The lowest BCUT2D eigenvalue weighted by Crippen LogP contribution is -2.42. The summed E-state index contributed by atoms with van der Waals surface area (Å²) in [6.45, 7) is 2.06. The lowest BCUT2D eigenvalue weighted by Gasteiger charge is -2.27. The maximum atomic E-state index is 12.9. The molecule has 0 aliphatic heterocycles. The first kappa shape index (κ1) is 15.8. The zero-order valence-electron chi connectivity index (χ0n) is 14.0. The van der Waals surface area contributed by atoms with E-state index in [1.165, 1.54) is 11.1 Å². The smallest absolute Gasteiger partial charge is 0.242 e. The molecule has 0 aromatic heterocycles. The Hall–Kier alpha value is -2.13. The number of carbonyl (C=O) groups is 1. The second kappa shape index (κ2) is 6.17. The van der Waals surface area contributed by atoms with Crippen molar-refractivity contribution in [3.05, 3.63) is 71.3 Å². The molecule has 0 spiro atoms. The molecule has 3 heteroatoms. The summed E-state index contributed by atoms with van der Waals surface area (Å²) in [5, 5.41) is 3.30. The average Bonchev–Trinajstić information content (AvgIpc) is 3.31. The van der Waals surface area contributed by atoms with Gasteiger partial charge in [0.25, 0.3) is 0 Å². The van der Waals surface area contributed by atoms with Crippen LogP contribution in [0.5, 0.6) is 0 Å². The number of nitrogens with zero attached hydrogens (tertiary/aromatic N) is 1. The minimum atomic E-state index is -0.267. The molecule has 0 radical (unpaired) electrons. The molecule has 1 saturated carbocycles. The molecule has 0 bridgehead atoms. The van der Waals surface area contributed by atoms with Crippen LogP contribution in [0.4, 0.5) is 0 Å². The third-order valence-corrected chi connectivity index (χ3v) is 4.60. The number of nitrogens with one attached hydrogen (secondary N) is 1. The lowest BCUT2D eigenvalue weighted by atomic mass is 10.0. The maximum absolute atomic E-state index is 12.9. The monoisotopic (exact) mass is 308 g/mol. The van der Waals surface area contributed by atoms with Gasteiger partial charge in [0.05, 0.1) is 5.54 Å². The highest BCUT2D eigenvalue weighted by molar-refractivity contribution is 5.84. The number of aryl methyl sites for hydroxylation is 1. The first-order valence-electron chi connectivity index (χ1n) is 8.12. The molecule has 3 rings (SSSR count). The molecular weight excluding hydrogens is 284 g/mol. The van der Waals surface area contributed by atoms with E-state index in [1.54, 1.807) is 0 Å². The minimum Gasteiger partial charge on any atom is -0.345 e. The highest BCUT2D eigenvalue weighted by Crippen LogP contribution is 2.45. The van der Waals surface area contributed by atoms with Gasteiger partial charge in [-0.05, 0) is 45.0 Å². The maximum Gasteiger partial charge on any atom is 0.242 e. The van der Waals surface area contributed by atoms with E-state index in [9.17, 15) is 4.79 Å². The first-order valence-corrected chi connectivity index (χ1v) is 8.12. The summed E-state index contributed by atoms with van der Waals surface area (Å²) in [4.78, 5) is 14.9. The third kappa shape index (κ3) is 3.30. The summed E-state index contributed by atoms with van der Waals surface area (Å²) >= 11 is 0. The molecule has 1 fully saturated rings. The highest BCUT2D eigenvalue weighted by Gasteiger charge is 2.46. The number of likely N-dealkylation sites (N-methyl/N-ethyl adjacent to an activating group) is 1. The molecular formula is C20H24N2O. The van der Waals surface area contributed by atoms with Gasteiger partial charge in [0.2, 0.25) is 5.91 Å². The average molecular weight is 308 g/mol. The van der Waals surface area contributed by atoms with Crippen molar-refractivity contribution in [2.24, 2.45) is 0 Å². The van der Waals surface area contributed by atoms with Gasteiger partial charge in [-0.15, -0.1) is 0 Å². The summed E-state index contributed by atoms with van der Waals surface area (Å²) in [6, 6.07) is 18.2. The van der Waals surface area contributed by atoms with Crippen LogP contribution in [-0.4, -0.2) is 24.9 Å². The zero-order chi connectivity index (χ0) is 16.4. The predicted octanol–water partition coefficient (Wildman–Crippen LogP) is 3.40. The van der Waals surface area contributed by atoms with Gasteiger partial charge < -0.3 is 5.32 Å². The van der Waals surface area contributed by atoms with Gasteiger partial charge >= 0.3 is 0 Å². The van der Waals surface area contributed by atoms with E-state index < -0.39 is 0 Å². The van der Waals surface area contributed by atoms with Gasteiger partial charge in [-0.2, -0.15) is 0 Å². The molecule has 1 atom stereocenters. The van der Waals surface area contributed by atoms with E-state index in [1.807, 2.05) is 49.3 Å². The molecule has 0 unspecified atom stereocenters. The van der Waals surface area contributed by atoms with Crippen molar-refractivity contribution < 1.29 is 4.79 Å². The van der Waals surface area contributed by atoms with E-state index in [2.05, 4.69) is 36.5 Å². The van der Waals surface area contributed by atoms with Crippen molar-refractivity contribution in [1.29, 1.82) is 0 Å². The second-order valence-corrected chi connectivity index (χ2v) is 6.71. The molecule has 0 saturated heterocycles. The molecule has 2 aromatic rings. The van der Waals surface area contributed by atoms with Crippen LogP contribution in [0.25, 0.3) is 0 Å². The molecule has 1 N–H and O–H groups in total. The lowest BCUT2D eigenvalue weighted by molar-refractivity contribution is -0.126. The molecule has 1 aliphatic rings. The van der Waals surface area contributed by atoms with Gasteiger partial charge in [0, 0.05) is 0 Å². The van der Waals surface area contributed by atoms with Crippen LogP contribution in [0.1, 0.15) is 35.6 Å². The van der Waals surface area contributed by atoms with Gasteiger partial charge in [-0.1, -0.05) is 60.2 Å². The molecule has 120 valence electrons. The molecule has 23 heavy (non-hydrogen) atoms. The van der Waals surface area contributed by atoms with Crippen LogP contribution < -0.4 is 5.32 Å². The SMILES string of the molecule is Cc1ccc([C@H](C(=O)NC2(c3ccccc3)CC2)N(C)C)cc1. The fourth-order valence-corrected chi connectivity index (χ4v) is 3.10. The van der Waals surface area contributed by atoms with Crippen LogP contribution in [0.3, 0.4) is 0 Å². The topological polar surface area (TPSA) is 32.3 Å². The summed E-state index contributed by atoms with van der Waals surface area (Å²) in [6.07, 6.45) is 2.02. The number of amides is 1. The number of carbonyl (C=O) groups excluding carboxylic acids is 1. The van der Waals surface area contributed by atoms with Gasteiger partial charge in [-0.3, -0.25) is 9.69 Å². The van der Waals surface area contributed by atoms with Crippen molar-refractivity contribution in [2.75, 3.05) is 14.1 Å². The minimum absolute atomic E-state index is 0.0696. The summed E-state index contributed by atoms with van der Waals surface area (Å²) in [5.41, 5.74) is 3.27. The normalized spacial score (nSPS) is 16.9. The summed E-state index contributed by atoms with van der Waals surface area (Å²) in [5.74, 6) is 0.0696. The number of hydrogen-bond donors (Lipinski definition) is 1. The van der Waals surface area contributed by atoms with Crippen LogP contribution >= 0.6 is 0 Å². The first-order chi connectivity index (χ1) is 11.0. The van der Waals surface area contributed by atoms with Crippen LogP contribution in [-0.2, 0) is 10.3 Å². The Morgan fingerprint density at radius 3 is 2.17 bits per heavy atom. The number of hydrogen-bond acceptors (Lipinski definition) is 2. The Kier molecular flexibility index (Phi) is 4.22. The van der Waals surface area contributed by atoms with E-state index in [-0.39, 0.29) is 17.5 Å². The van der Waals surface area contributed by atoms with Gasteiger partial charge in [0.1, 0.15) is 6.04 Å². The Balaban J connectivity index is 1.81. The van der Waals surface area contributed by atoms with Crippen molar-refractivity contribution in [3.8, 4) is 0 Å². The van der Waals surface area contributed by atoms with E-state index >= 15 is 0 Å². The van der Waals surface area contributed by atoms with E-state index in [0.717, 1.165) is 18.4 Å². The van der Waals surface area contributed by atoms with Crippen LogP contribution in [0, 0.1) is 6.92 Å². The third-order valence-electron chi connectivity index (χ3n) is 4.60. The van der Waals surface area contributed by atoms with Gasteiger partial charge in [0.15, 0.2) is 0 Å². The van der Waals surface area contributed by atoms with Crippen molar-refractivity contribution in [3.63, 3.8) is 0 Å². The van der Waals surface area contributed by atoms with Crippen molar-refractivity contribution in [1.82, 2.24) is 10.2 Å². The highest BCUT2D eigenvalue weighted by atomic mass is 16.2. The number of benzene rings is 2. The van der Waals surface area contributed by atoms with E-state index in [4.69, 9.17) is 0 Å². The fourth-order valence-electron chi connectivity index (χ4n) is 3.10. The largest absolute Gasteiger partial charge is 0.345 e. The molecule has 1 amide bonds. The molecule has 0 heterocycles. The Morgan fingerprint density at radius 2 is 1.65 bits per heavy atom. The van der Waals surface area contributed by atoms with Crippen molar-refractivity contribution in [2.45, 2.75) is 31.3 Å². The van der Waals surface area contributed by atoms with Crippen LogP contribution in [0.2, 0.25) is 0 Å².